The van der Waals surface area contributed by atoms with Gasteiger partial charge in [0.15, 0.2) is 0 Å². The van der Waals surface area contributed by atoms with Crippen molar-refractivity contribution in [1.29, 1.82) is 5.26 Å². The van der Waals surface area contributed by atoms with Crippen LogP contribution < -0.4 is 11.1 Å². The van der Waals surface area contributed by atoms with Gasteiger partial charge in [0.2, 0.25) is 0 Å². The number of carbonyl (C=O) groups is 1. The van der Waals surface area contributed by atoms with Crippen molar-refractivity contribution >= 4 is 28.9 Å². The molecule has 0 aliphatic rings. The van der Waals surface area contributed by atoms with Gasteiger partial charge in [-0.15, -0.1) is 0 Å². The zero-order valence-corrected chi connectivity index (χ0v) is 11.4. The molecular weight excluding hydrogens is 276 g/mol. The molecule has 0 fully saturated rings. The van der Waals surface area contributed by atoms with E-state index in [1.165, 1.54) is 12.3 Å². The normalized spacial score (nSPS) is 9.85. The van der Waals surface area contributed by atoms with Crippen molar-refractivity contribution in [3.8, 4) is 6.07 Å². The topological polar surface area (TPSA) is 91.8 Å². The van der Waals surface area contributed by atoms with Crippen LogP contribution in [0, 0.1) is 18.3 Å². The van der Waals surface area contributed by atoms with E-state index in [-0.39, 0.29) is 5.91 Å². The number of halogens is 1. The van der Waals surface area contributed by atoms with Crippen LogP contribution in [0.5, 0.6) is 0 Å². The number of nitrogens with zero attached hydrogens (tertiary/aromatic N) is 2. The first kappa shape index (κ1) is 13.8. The number of nitriles is 1. The van der Waals surface area contributed by atoms with Crippen LogP contribution in [0.4, 0.5) is 11.4 Å². The summed E-state index contributed by atoms with van der Waals surface area (Å²) in [6.07, 6.45) is 1.49. The van der Waals surface area contributed by atoms with E-state index in [9.17, 15) is 4.79 Å². The Morgan fingerprint density at radius 1 is 1.45 bits per heavy atom. The molecular formula is C14H11ClN4O. The number of carbonyl (C=O) groups excluding carboxylic acids is 1. The molecule has 1 heterocycles. The number of amides is 1. The maximum absolute atomic E-state index is 12.2. The average molecular weight is 287 g/mol. The van der Waals surface area contributed by atoms with E-state index in [1.807, 2.05) is 6.07 Å². The Morgan fingerprint density at radius 3 is 2.85 bits per heavy atom. The highest BCUT2D eigenvalue weighted by atomic mass is 35.5. The molecule has 100 valence electrons. The van der Waals surface area contributed by atoms with Crippen LogP contribution in [-0.4, -0.2) is 10.9 Å². The largest absolute Gasteiger partial charge is 0.397 e. The number of aromatic nitrogens is 1. The van der Waals surface area contributed by atoms with Gasteiger partial charge in [-0.05, 0) is 31.2 Å². The van der Waals surface area contributed by atoms with E-state index in [0.717, 1.165) is 0 Å². The Hall–Kier alpha value is -2.58. The minimum Gasteiger partial charge on any atom is -0.397 e. The third-order valence-corrected chi connectivity index (χ3v) is 3.01. The third kappa shape index (κ3) is 2.87. The summed E-state index contributed by atoms with van der Waals surface area (Å²) in [6.45, 7) is 1.72. The number of benzene rings is 1. The van der Waals surface area contributed by atoms with E-state index < -0.39 is 0 Å². The highest BCUT2D eigenvalue weighted by molar-refractivity contribution is 6.34. The number of anilines is 2. The lowest BCUT2D eigenvalue weighted by atomic mass is 10.1. The summed E-state index contributed by atoms with van der Waals surface area (Å²) in [5.41, 5.74) is 7.84. The summed E-state index contributed by atoms with van der Waals surface area (Å²) in [4.78, 5) is 16.2. The van der Waals surface area contributed by atoms with Crippen molar-refractivity contribution in [3.05, 3.63) is 52.3 Å². The first-order valence-electron chi connectivity index (χ1n) is 5.74. The van der Waals surface area contributed by atoms with Crippen molar-refractivity contribution in [2.24, 2.45) is 0 Å². The van der Waals surface area contributed by atoms with Crippen LogP contribution in [0.3, 0.4) is 0 Å². The molecule has 0 saturated heterocycles. The van der Waals surface area contributed by atoms with Gasteiger partial charge in [-0.2, -0.15) is 5.26 Å². The zero-order chi connectivity index (χ0) is 14.7. The maximum atomic E-state index is 12.2. The van der Waals surface area contributed by atoms with Gasteiger partial charge in [-0.1, -0.05) is 11.6 Å². The predicted molar refractivity (Wildman–Crippen MR) is 77.5 cm³/mol. The molecule has 0 radical (unpaired) electrons. The van der Waals surface area contributed by atoms with Crippen LogP contribution in [0.1, 0.15) is 21.6 Å². The Morgan fingerprint density at radius 2 is 2.20 bits per heavy atom. The molecule has 0 bridgehead atoms. The molecule has 1 aromatic carbocycles. The fourth-order valence-corrected chi connectivity index (χ4v) is 1.88. The molecule has 6 heteroatoms. The Kier molecular flexibility index (Phi) is 3.87. The lowest BCUT2D eigenvalue weighted by Crippen LogP contribution is -2.15. The Bertz CT molecular complexity index is 722. The predicted octanol–water partition coefficient (Wildman–Crippen LogP) is 2.75. The van der Waals surface area contributed by atoms with Crippen molar-refractivity contribution < 1.29 is 4.79 Å². The van der Waals surface area contributed by atoms with Crippen LogP contribution in [0.25, 0.3) is 0 Å². The summed E-state index contributed by atoms with van der Waals surface area (Å²) < 4.78 is 0. The first-order chi connectivity index (χ1) is 9.51. The third-order valence-electron chi connectivity index (χ3n) is 2.70. The van der Waals surface area contributed by atoms with E-state index in [0.29, 0.717) is 33.2 Å². The lowest BCUT2D eigenvalue weighted by Gasteiger charge is -2.09. The Balaban J connectivity index is 2.28. The molecule has 0 saturated carbocycles. The minimum atomic E-state index is -0.353. The molecule has 0 spiro atoms. The molecule has 0 unspecified atom stereocenters. The van der Waals surface area contributed by atoms with Gasteiger partial charge in [-0.25, -0.2) is 0 Å². The van der Waals surface area contributed by atoms with Crippen LogP contribution in [0.15, 0.2) is 30.5 Å². The zero-order valence-electron chi connectivity index (χ0n) is 10.6. The highest BCUT2D eigenvalue weighted by Crippen LogP contribution is 2.23. The molecule has 1 aromatic heterocycles. The summed E-state index contributed by atoms with van der Waals surface area (Å²) in [5.74, 6) is -0.353. The number of hydrogen-bond acceptors (Lipinski definition) is 4. The number of pyridine rings is 1. The molecule has 1 amide bonds. The number of nitrogens with one attached hydrogen (secondary N) is 1. The fourth-order valence-electron chi connectivity index (χ4n) is 1.65. The molecule has 0 aliphatic carbocycles. The molecule has 20 heavy (non-hydrogen) atoms. The second kappa shape index (κ2) is 5.59. The number of nitrogens with two attached hydrogens (primary N) is 1. The summed E-state index contributed by atoms with van der Waals surface area (Å²) in [7, 11) is 0. The number of rotatable bonds is 2. The summed E-state index contributed by atoms with van der Waals surface area (Å²) in [5, 5.41) is 11.7. The number of nitrogen functional groups attached to an aromatic ring is 1. The first-order valence-corrected chi connectivity index (χ1v) is 6.12. The quantitative estimate of drug-likeness (QED) is 0.888. The molecule has 2 rings (SSSR count). The van der Waals surface area contributed by atoms with E-state index in [1.54, 1.807) is 25.1 Å². The van der Waals surface area contributed by atoms with E-state index >= 15 is 0 Å². The van der Waals surface area contributed by atoms with Crippen LogP contribution in [0.2, 0.25) is 5.02 Å². The minimum absolute atomic E-state index is 0.298. The molecule has 5 nitrogen and oxygen atoms in total. The van der Waals surface area contributed by atoms with Gasteiger partial charge in [0, 0.05) is 0 Å². The van der Waals surface area contributed by atoms with Crippen LogP contribution >= 0.6 is 11.6 Å². The van der Waals surface area contributed by atoms with Gasteiger partial charge in [-0.3, -0.25) is 9.78 Å². The Labute approximate surface area is 121 Å². The maximum Gasteiger partial charge on any atom is 0.257 e. The molecule has 0 atom stereocenters. The monoisotopic (exact) mass is 286 g/mol. The molecule has 0 aliphatic heterocycles. The summed E-state index contributed by atoms with van der Waals surface area (Å²) in [6, 6.07) is 8.16. The average Bonchev–Trinajstić information content (AvgIpc) is 2.43. The van der Waals surface area contributed by atoms with Crippen molar-refractivity contribution in [2.45, 2.75) is 6.92 Å². The molecule has 2 aromatic rings. The molecule has 3 N–H and O–H groups in total. The van der Waals surface area contributed by atoms with Gasteiger partial charge < -0.3 is 11.1 Å². The van der Waals surface area contributed by atoms with Crippen LogP contribution in [-0.2, 0) is 0 Å². The smallest absolute Gasteiger partial charge is 0.257 e. The van der Waals surface area contributed by atoms with Crippen molar-refractivity contribution in [2.75, 3.05) is 11.1 Å². The van der Waals surface area contributed by atoms with Gasteiger partial charge in [0.25, 0.3) is 5.91 Å². The SMILES string of the molecule is Cc1ncc(N)cc1C(=O)Nc1ccc(C#N)cc1Cl. The lowest BCUT2D eigenvalue weighted by molar-refractivity contribution is 0.102. The van der Waals surface area contributed by atoms with E-state index in [4.69, 9.17) is 22.6 Å². The fraction of sp³-hybridized carbons (Fsp3) is 0.0714. The second-order valence-electron chi connectivity index (χ2n) is 4.16. The highest BCUT2D eigenvalue weighted by Gasteiger charge is 2.12. The van der Waals surface area contributed by atoms with E-state index in [2.05, 4.69) is 10.3 Å². The van der Waals surface area contributed by atoms with Crippen molar-refractivity contribution in [3.63, 3.8) is 0 Å². The van der Waals surface area contributed by atoms with Crippen molar-refractivity contribution in [1.82, 2.24) is 4.98 Å². The second-order valence-corrected chi connectivity index (χ2v) is 4.57. The van der Waals surface area contributed by atoms with Gasteiger partial charge >= 0.3 is 0 Å². The summed E-state index contributed by atoms with van der Waals surface area (Å²) >= 11 is 6.00. The van der Waals surface area contributed by atoms with Gasteiger partial charge in [0.05, 0.1) is 45.5 Å². The van der Waals surface area contributed by atoms with Gasteiger partial charge in [0.1, 0.15) is 0 Å². The standard InChI is InChI=1S/C14H11ClN4O/c1-8-11(5-10(17)7-18-8)14(20)19-13-3-2-9(6-16)4-12(13)15/h2-5,7H,17H2,1H3,(H,19,20). The number of aryl methyl sites for hydroxylation is 1. The number of hydrogen-bond donors (Lipinski definition) is 2.